The summed E-state index contributed by atoms with van der Waals surface area (Å²) in [6.07, 6.45) is 1.71. The first kappa shape index (κ1) is 15.4. The number of nitrogens with two attached hydrogens (primary N) is 1. The van der Waals surface area contributed by atoms with Crippen LogP contribution in [-0.2, 0) is 4.79 Å². The van der Waals surface area contributed by atoms with Crippen LogP contribution in [-0.4, -0.2) is 41.5 Å². The van der Waals surface area contributed by atoms with Crippen LogP contribution in [0.3, 0.4) is 0 Å². The van der Waals surface area contributed by atoms with Crippen LogP contribution in [0.4, 0.5) is 0 Å². The van der Waals surface area contributed by atoms with Crippen molar-refractivity contribution in [3.05, 3.63) is 0 Å². The number of nitrogens with one attached hydrogen (secondary N) is 1. The molecular weight excluding hydrogens is 226 g/mol. The Morgan fingerprint density at radius 2 is 2.06 bits per heavy atom. The normalized spacial score (nSPS) is 27.2. The van der Waals surface area contributed by atoms with Gasteiger partial charge in [0.1, 0.15) is 0 Å². The molecule has 0 bridgehead atoms. The summed E-state index contributed by atoms with van der Waals surface area (Å²) in [5.74, 6) is 0.810. The zero-order valence-corrected chi connectivity index (χ0v) is 12.5. The van der Waals surface area contributed by atoms with Crippen LogP contribution in [0.5, 0.6) is 0 Å². The molecule has 18 heavy (non-hydrogen) atoms. The predicted molar refractivity (Wildman–Crippen MR) is 75.3 cm³/mol. The van der Waals surface area contributed by atoms with Gasteiger partial charge in [-0.25, -0.2) is 0 Å². The minimum atomic E-state index is -0.167. The minimum Gasteiger partial charge on any atom is -0.351 e. The Balaban J connectivity index is 2.54. The maximum Gasteiger partial charge on any atom is 0.222 e. The Hall–Kier alpha value is -0.610. The summed E-state index contributed by atoms with van der Waals surface area (Å²) in [6, 6.07) is 0.711. The van der Waals surface area contributed by atoms with E-state index in [0.717, 1.165) is 6.54 Å². The minimum absolute atomic E-state index is 0.102. The highest BCUT2D eigenvalue weighted by molar-refractivity contribution is 5.77. The van der Waals surface area contributed by atoms with Crippen LogP contribution >= 0.6 is 0 Å². The van der Waals surface area contributed by atoms with Crippen LogP contribution in [0.25, 0.3) is 0 Å². The fraction of sp³-hybridized carbons (Fsp3) is 0.929. The Kier molecular flexibility index (Phi) is 5.17. The van der Waals surface area contributed by atoms with Crippen molar-refractivity contribution in [2.24, 2.45) is 11.7 Å². The molecule has 0 aromatic rings. The third-order valence-corrected chi connectivity index (χ3v) is 3.51. The number of hydrogen-bond donors (Lipinski definition) is 2. The lowest BCUT2D eigenvalue weighted by molar-refractivity contribution is -0.123. The maximum absolute atomic E-state index is 12.0. The first-order valence-electron chi connectivity index (χ1n) is 6.99. The topological polar surface area (TPSA) is 58.4 Å². The lowest BCUT2D eigenvalue weighted by Gasteiger charge is -2.31. The second-order valence-electron chi connectivity index (χ2n) is 6.78. The number of likely N-dealkylation sites (tertiary alicyclic amines) is 1. The van der Waals surface area contributed by atoms with Gasteiger partial charge in [0.15, 0.2) is 0 Å². The molecule has 1 heterocycles. The van der Waals surface area contributed by atoms with Crippen molar-refractivity contribution in [1.29, 1.82) is 0 Å². The first-order valence-corrected chi connectivity index (χ1v) is 6.99. The summed E-state index contributed by atoms with van der Waals surface area (Å²) in [4.78, 5) is 14.4. The average Bonchev–Trinajstić information content (AvgIpc) is 2.51. The monoisotopic (exact) mass is 255 g/mol. The van der Waals surface area contributed by atoms with Crippen molar-refractivity contribution >= 4 is 5.91 Å². The largest absolute Gasteiger partial charge is 0.351 e. The molecule has 1 aliphatic rings. The molecule has 0 aromatic heterocycles. The third kappa shape index (κ3) is 4.58. The Morgan fingerprint density at radius 1 is 1.44 bits per heavy atom. The molecule has 106 valence electrons. The van der Waals surface area contributed by atoms with E-state index in [1.165, 1.54) is 6.42 Å². The van der Waals surface area contributed by atoms with E-state index >= 15 is 0 Å². The van der Waals surface area contributed by atoms with E-state index in [1.54, 1.807) is 0 Å². The number of nitrogens with zero attached hydrogens (tertiary/aromatic N) is 1. The van der Waals surface area contributed by atoms with Crippen molar-refractivity contribution in [1.82, 2.24) is 10.2 Å². The van der Waals surface area contributed by atoms with Crippen molar-refractivity contribution < 1.29 is 4.79 Å². The second kappa shape index (κ2) is 6.02. The summed E-state index contributed by atoms with van der Waals surface area (Å²) in [5.41, 5.74) is 5.68. The fourth-order valence-electron chi connectivity index (χ4n) is 2.86. The molecule has 1 rings (SSSR count). The molecule has 0 spiro atoms. The van der Waals surface area contributed by atoms with Crippen LogP contribution in [0.15, 0.2) is 0 Å². The van der Waals surface area contributed by atoms with Crippen molar-refractivity contribution in [2.75, 3.05) is 13.1 Å². The summed E-state index contributed by atoms with van der Waals surface area (Å²) >= 11 is 0. The molecule has 1 amide bonds. The zero-order valence-electron chi connectivity index (χ0n) is 12.5. The molecular formula is C14H29N3O. The third-order valence-electron chi connectivity index (χ3n) is 3.51. The van der Waals surface area contributed by atoms with Crippen molar-refractivity contribution in [3.63, 3.8) is 0 Å². The van der Waals surface area contributed by atoms with Gasteiger partial charge in [0.2, 0.25) is 5.91 Å². The molecule has 1 saturated heterocycles. The molecule has 4 nitrogen and oxygen atoms in total. The SMILES string of the molecule is CC1CC(C)N(C(CN)CC(=O)NC(C)(C)C)C1. The van der Waals surface area contributed by atoms with Gasteiger partial charge in [-0.15, -0.1) is 0 Å². The molecule has 0 saturated carbocycles. The number of amides is 1. The van der Waals surface area contributed by atoms with Crippen LogP contribution in [0, 0.1) is 5.92 Å². The lowest BCUT2D eigenvalue weighted by Crippen LogP contribution is -2.48. The van der Waals surface area contributed by atoms with Gasteiger partial charge in [-0.2, -0.15) is 0 Å². The van der Waals surface area contributed by atoms with E-state index in [2.05, 4.69) is 24.1 Å². The molecule has 0 aliphatic carbocycles. The van der Waals surface area contributed by atoms with E-state index in [1.807, 2.05) is 20.8 Å². The second-order valence-corrected chi connectivity index (χ2v) is 6.78. The van der Waals surface area contributed by atoms with Crippen molar-refractivity contribution in [3.8, 4) is 0 Å². The highest BCUT2D eigenvalue weighted by Crippen LogP contribution is 2.25. The number of rotatable bonds is 4. The van der Waals surface area contributed by atoms with Crippen LogP contribution in [0.1, 0.15) is 47.5 Å². The number of carbonyl (C=O) groups is 1. The van der Waals surface area contributed by atoms with Gasteiger partial charge in [0.25, 0.3) is 0 Å². The summed E-state index contributed by atoms with van der Waals surface area (Å²) < 4.78 is 0. The van der Waals surface area contributed by atoms with E-state index in [-0.39, 0.29) is 17.5 Å². The molecule has 0 radical (unpaired) electrons. The van der Waals surface area contributed by atoms with Gasteiger partial charge < -0.3 is 11.1 Å². The highest BCUT2D eigenvalue weighted by Gasteiger charge is 2.32. The average molecular weight is 255 g/mol. The molecule has 3 unspecified atom stereocenters. The molecule has 1 fully saturated rings. The Morgan fingerprint density at radius 3 is 2.44 bits per heavy atom. The number of hydrogen-bond acceptors (Lipinski definition) is 3. The van der Waals surface area contributed by atoms with Gasteiger partial charge in [-0.05, 0) is 40.0 Å². The van der Waals surface area contributed by atoms with Crippen molar-refractivity contribution in [2.45, 2.75) is 65.1 Å². The molecule has 0 aromatic carbocycles. The van der Waals surface area contributed by atoms with E-state index in [4.69, 9.17) is 5.73 Å². The van der Waals surface area contributed by atoms with Crippen LogP contribution < -0.4 is 11.1 Å². The molecule has 1 aliphatic heterocycles. The molecule has 4 heteroatoms. The predicted octanol–water partition coefficient (Wildman–Crippen LogP) is 1.35. The molecule has 3 atom stereocenters. The maximum atomic E-state index is 12.0. The smallest absolute Gasteiger partial charge is 0.222 e. The molecule has 3 N–H and O–H groups in total. The number of carbonyl (C=O) groups excluding carboxylic acids is 1. The summed E-state index contributed by atoms with van der Waals surface area (Å²) in [5, 5.41) is 3.01. The van der Waals surface area contributed by atoms with E-state index in [0.29, 0.717) is 24.9 Å². The standard InChI is InChI=1S/C14H29N3O/c1-10-6-11(2)17(9-10)12(8-15)7-13(18)16-14(3,4)5/h10-12H,6-9,15H2,1-5H3,(H,16,18). The zero-order chi connectivity index (χ0) is 13.9. The van der Waals surface area contributed by atoms with Gasteiger partial charge in [0, 0.05) is 37.1 Å². The Bertz CT molecular complexity index is 285. The fourth-order valence-corrected chi connectivity index (χ4v) is 2.86. The van der Waals surface area contributed by atoms with Gasteiger partial charge in [-0.1, -0.05) is 6.92 Å². The van der Waals surface area contributed by atoms with Gasteiger partial charge in [0.05, 0.1) is 0 Å². The Labute approximate surface area is 111 Å². The van der Waals surface area contributed by atoms with E-state index in [9.17, 15) is 4.79 Å². The van der Waals surface area contributed by atoms with Gasteiger partial charge in [-0.3, -0.25) is 9.69 Å². The van der Waals surface area contributed by atoms with E-state index < -0.39 is 0 Å². The van der Waals surface area contributed by atoms with Gasteiger partial charge >= 0.3 is 0 Å². The highest BCUT2D eigenvalue weighted by atomic mass is 16.1. The quantitative estimate of drug-likeness (QED) is 0.797. The van der Waals surface area contributed by atoms with Crippen LogP contribution in [0.2, 0.25) is 0 Å². The first-order chi connectivity index (χ1) is 8.23. The lowest BCUT2D eigenvalue weighted by atomic mass is 10.1. The summed E-state index contributed by atoms with van der Waals surface area (Å²) in [6.45, 7) is 12.1. The summed E-state index contributed by atoms with van der Waals surface area (Å²) in [7, 11) is 0.